The van der Waals surface area contributed by atoms with Crippen LogP contribution >= 0.6 is 22.7 Å². The van der Waals surface area contributed by atoms with Gasteiger partial charge < -0.3 is 44.5 Å². The lowest BCUT2D eigenvalue weighted by atomic mass is 10.1. The summed E-state index contributed by atoms with van der Waals surface area (Å²) in [6, 6.07) is 31.8. The van der Waals surface area contributed by atoms with Crippen LogP contribution in [0.4, 0.5) is 43.7 Å². The van der Waals surface area contributed by atoms with Gasteiger partial charge in [-0.2, -0.15) is 0 Å². The minimum Gasteiger partial charge on any atom is -0.459 e. The third kappa shape index (κ3) is 22.7. The lowest BCUT2D eigenvalue weighted by Crippen LogP contribution is -2.40. The molecule has 0 aliphatic heterocycles. The number of rotatable bonds is 16. The number of hydrogen-bond acceptors (Lipinski definition) is 16. The van der Waals surface area contributed by atoms with Crippen LogP contribution in [0.15, 0.2) is 120 Å². The highest BCUT2D eigenvalue weighted by atomic mass is 32.1. The second-order valence-electron chi connectivity index (χ2n) is 23.7. The van der Waals surface area contributed by atoms with E-state index in [9.17, 15) is 33.6 Å². The summed E-state index contributed by atoms with van der Waals surface area (Å²) in [4.78, 5) is 92.2. The van der Waals surface area contributed by atoms with Gasteiger partial charge in [0.2, 0.25) is 0 Å². The van der Waals surface area contributed by atoms with Crippen molar-refractivity contribution < 1.29 is 57.2 Å². The summed E-state index contributed by atoms with van der Waals surface area (Å²) in [5.41, 5.74) is 1.99. The molecule has 0 bridgehead atoms. The highest BCUT2D eigenvalue weighted by Crippen LogP contribution is 2.34. The molecule has 5 N–H and O–H groups in total. The fraction of sp³-hybridized carbons (Fsp3) is 0.371. The highest BCUT2D eigenvalue weighted by molar-refractivity contribution is 7.13. The topological polar surface area (TPSA) is 229 Å². The molecular weight excluding hydrogens is 1080 g/mol. The standard InChI is InChI=1S/C34H43N3O7S.C28H33N3O5S/c1-32(2,3)42-28(38)20-37(21-29(39)43-33(4,5)6)24-15-12-22(13-16-24)30(40)35-26-19-23(27-11-10-18-45-27)14-17-25(26)36-31(41)44-34(7,8)9;1-27(2,3)35-24(32)17-29-20-12-9-18(10-13-20)25(33)30-22-16-19(23-8-7-15-37-23)11-14-21(22)31-26(34)36-28(4,5)6/h10-19H,20-21H2,1-9H3,(H,35,40)(H,36,41);7-16,29H,17H2,1-6H3,(H,30,33)(H,31,34). The molecule has 0 atom stereocenters. The zero-order valence-corrected chi connectivity index (χ0v) is 51.0. The third-order valence-corrected chi connectivity index (χ3v) is 12.2. The number of carbonyl (C=O) groups is 7. The van der Waals surface area contributed by atoms with Crippen LogP contribution in [0.5, 0.6) is 0 Å². The van der Waals surface area contributed by atoms with Crippen LogP contribution in [0.1, 0.15) is 125 Å². The Morgan fingerprint density at radius 2 is 0.780 bits per heavy atom. The molecule has 438 valence electrons. The van der Waals surface area contributed by atoms with Crippen LogP contribution in [0.25, 0.3) is 20.9 Å². The number of thiophene rings is 2. The number of nitrogens with zero attached hydrogens (tertiary/aromatic N) is 1. The summed E-state index contributed by atoms with van der Waals surface area (Å²) in [5.74, 6) is -2.17. The smallest absolute Gasteiger partial charge is 0.412 e. The first-order valence-electron chi connectivity index (χ1n) is 26.4. The number of nitrogens with one attached hydrogen (secondary N) is 5. The number of anilines is 6. The summed E-state index contributed by atoms with van der Waals surface area (Å²) in [7, 11) is 0. The Labute approximate surface area is 488 Å². The van der Waals surface area contributed by atoms with Gasteiger partial charge in [-0.25, -0.2) is 9.59 Å². The second kappa shape index (κ2) is 27.5. The molecule has 0 aliphatic carbocycles. The van der Waals surface area contributed by atoms with Crippen molar-refractivity contribution in [1.29, 1.82) is 0 Å². The van der Waals surface area contributed by atoms with Crippen molar-refractivity contribution in [2.24, 2.45) is 0 Å². The predicted molar refractivity (Wildman–Crippen MR) is 326 cm³/mol. The molecule has 18 nitrogen and oxygen atoms in total. The Bertz CT molecular complexity index is 3130. The van der Waals surface area contributed by atoms with E-state index in [1.807, 2.05) is 74.0 Å². The average Bonchev–Trinajstić information content (AvgIpc) is 4.23. The van der Waals surface area contributed by atoms with E-state index < -0.39 is 58.0 Å². The molecule has 0 saturated carbocycles. The van der Waals surface area contributed by atoms with Gasteiger partial charge in [-0.05, 0) is 211 Å². The van der Waals surface area contributed by atoms with Gasteiger partial charge in [0.1, 0.15) is 47.6 Å². The molecule has 20 heteroatoms. The lowest BCUT2D eigenvalue weighted by molar-refractivity contribution is -0.155. The molecule has 2 heterocycles. The van der Waals surface area contributed by atoms with Crippen molar-refractivity contribution in [2.45, 2.75) is 132 Å². The van der Waals surface area contributed by atoms with E-state index in [0.717, 1.165) is 20.9 Å². The van der Waals surface area contributed by atoms with Crippen molar-refractivity contribution in [3.8, 4) is 20.9 Å². The molecular formula is C62H76N6O12S2. The molecule has 6 rings (SSSR count). The summed E-state index contributed by atoms with van der Waals surface area (Å²) >= 11 is 3.12. The fourth-order valence-electron chi connectivity index (χ4n) is 7.33. The highest BCUT2D eigenvalue weighted by Gasteiger charge is 2.26. The summed E-state index contributed by atoms with van der Waals surface area (Å²) in [6.45, 7) is 26.3. The van der Waals surface area contributed by atoms with Gasteiger partial charge in [0.25, 0.3) is 11.8 Å². The first-order chi connectivity index (χ1) is 38.1. The zero-order chi connectivity index (χ0) is 60.8. The minimum absolute atomic E-state index is 0.0119. The third-order valence-electron chi connectivity index (χ3n) is 10.4. The van der Waals surface area contributed by atoms with Crippen molar-refractivity contribution in [1.82, 2.24) is 0 Å². The second-order valence-corrected chi connectivity index (χ2v) is 25.6. The number of hydrogen-bond donors (Lipinski definition) is 5. The van der Waals surface area contributed by atoms with Crippen molar-refractivity contribution in [3.63, 3.8) is 0 Å². The molecule has 6 aromatic rings. The maximum atomic E-state index is 13.4. The molecule has 4 amide bonds. The Morgan fingerprint density at radius 1 is 0.415 bits per heavy atom. The molecule has 82 heavy (non-hydrogen) atoms. The van der Waals surface area contributed by atoms with Gasteiger partial charge in [0.15, 0.2) is 0 Å². The van der Waals surface area contributed by atoms with E-state index in [1.54, 1.807) is 172 Å². The largest absolute Gasteiger partial charge is 0.459 e. The number of amides is 4. The Morgan fingerprint density at radius 3 is 1.13 bits per heavy atom. The SMILES string of the molecule is CC(C)(C)OC(=O)CN(CC(=O)OC(C)(C)C)c1ccc(C(=O)Nc2cc(-c3cccs3)ccc2NC(=O)OC(C)(C)C)cc1.CC(C)(C)OC(=O)CNc1ccc(C(=O)Nc2cc(-c3cccs3)ccc2NC(=O)OC(C)(C)C)cc1. The molecule has 0 aliphatic rings. The Hall–Kier alpha value is -8.23. The quantitative estimate of drug-likeness (QED) is 0.0449. The van der Waals surface area contributed by atoms with Gasteiger partial charge >= 0.3 is 30.1 Å². The fourth-order valence-corrected chi connectivity index (χ4v) is 8.78. The van der Waals surface area contributed by atoms with Gasteiger partial charge in [0, 0.05) is 32.3 Å². The normalized spacial score (nSPS) is 11.6. The summed E-state index contributed by atoms with van der Waals surface area (Å²) in [5, 5.41) is 18.1. The minimum atomic E-state index is -0.701. The van der Waals surface area contributed by atoms with E-state index in [4.69, 9.17) is 23.7 Å². The molecule has 0 radical (unpaired) electrons. The van der Waals surface area contributed by atoms with Crippen molar-refractivity contribution >= 4 is 98.7 Å². The zero-order valence-electron chi connectivity index (χ0n) is 49.3. The molecule has 0 saturated heterocycles. The lowest BCUT2D eigenvalue weighted by Gasteiger charge is -2.27. The van der Waals surface area contributed by atoms with Crippen molar-refractivity contribution in [2.75, 3.05) is 51.1 Å². The monoisotopic (exact) mass is 1160 g/mol. The van der Waals surface area contributed by atoms with Crippen LogP contribution in [-0.4, -0.2) is 89.5 Å². The summed E-state index contributed by atoms with van der Waals surface area (Å²) < 4.78 is 27.0. The van der Waals surface area contributed by atoms with Gasteiger partial charge in [0.05, 0.1) is 22.7 Å². The van der Waals surface area contributed by atoms with Crippen LogP contribution < -0.4 is 31.5 Å². The van der Waals surface area contributed by atoms with Gasteiger partial charge in [-0.3, -0.25) is 34.6 Å². The van der Waals surface area contributed by atoms with E-state index in [1.165, 1.54) is 4.90 Å². The Balaban J connectivity index is 0.000000306. The van der Waals surface area contributed by atoms with E-state index in [0.29, 0.717) is 45.3 Å². The van der Waals surface area contributed by atoms with Crippen LogP contribution in [-0.2, 0) is 38.1 Å². The van der Waals surface area contributed by atoms with Gasteiger partial charge in [-0.15, -0.1) is 22.7 Å². The van der Waals surface area contributed by atoms with Crippen LogP contribution in [0.2, 0.25) is 0 Å². The number of esters is 3. The number of benzene rings is 4. The molecule has 0 fully saturated rings. The van der Waals surface area contributed by atoms with E-state index in [2.05, 4.69) is 26.6 Å². The average molecular weight is 1160 g/mol. The summed E-state index contributed by atoms with van der Waals surface area (Å²) in [6.07, 6.45) is -1.27. The van der Waals surface area contributed by atoms with Crippen LogP contribution in [0, 0.1) is 0 Å². The maximum absolute atomic E-state index is 13.4. The number of ether oxygens (including phenoxy) is 5. The Kier molecular flexibility index (Phi) is 21.7. The molecule has 0 unspecified atom stereocenters. The van der Waals surface area contributed by atoms with Gasteiger partial charge in [-0.1, -0.05) is 24.3 Å². The van der Waals surface area contributed by atoms with Crippen molar-refractivity contribution in [3.05, 3.63) is 131 Å². The molecule has 2 aromatic heterocycles. The predicted octanol–water partition coefficient (Wildman–Crippen LogP) is 14.3. The molecule has 4 aromatic carbocycles. The number of carbonyl (C=O) groups excluding carboxylic acids is 7. The van der Waals surface area contributed by atoms with E-state index >= 15 is 0 Å². The first kappa shape index (κ1) is 64.6. The van der Waals surface area contributed by atoms with E-state index in [-0.39, 0.29) is 31.5 Å². The molecule has 0 spiro atoms. The maximum Gasteiger partial charge on any atom is 0.412 e. The first-order valence-corrected chi connectivity index (χ1v) is 28.2. The van der Waals surface area contributed by atoms with Crippen LogP contribution in [0.3, 0.4) is 0 Å².